The van der Waals surface area contributed by atoms with Crippen molar-refractivity contribution < 1.29 is 10.2 Å². The topological polar surface area (TPSA) is 40.5 Å². The maximum Gasteiger partial charge on any atom is 0.0827 e. The van der Waals surface area contributed by atoms with Crippen LogP contribution in [0, 0.1) is 40.4 Å². The molecule has 0 heterocycles. The Morgan fingerprint density at radius 3 is 2.48 bits per heavy atom. The standard InChI is InChI=1S/C23H36O2/c1-4-5-21(25)20-9-8-18-17-7-6-15-14-16(24)10-12-22(15,2)19(17)11-13-23(18,20)3/h5,15-21,24-25H,1,6-14H2,2-3H3/t15?,16?,17-,18-,19+,20?,21?,22-,23-/m0/s1. The maximum atomic E-state index is 10.6. The van der Waals surface area contributed by atoms with E-state index in [0.29, 0.717) is 11.3 Å². The Morgan fingerprint density at radius 1 is 1.00 bits per heavy atom. The minimum atomic E-state index is -0.374. The first-order chi connectivity index (χ1) is 11.9. The van der Waals surface area contributed by atoms with Crippen molar-refractivity contribution in [2.24, 2.45) is 40.4 Å². The second kappa shape index (κ2) is 6.25. The Kier molecular flexibility index (Phi) is 4.46. The summed E-state index contributed by atoms with van der Waals surface area (Å²) in [5.74, 6) is 3.55. The van der Waals surface area contributed by atoms with Crippen LogP contribution in [0.3, 0.4) is 0 Å². The molecule has 0 aromatic carbocycles. The fourth-order valence-corrected chi connectivity index (χ4v) is 8.07. The van der Waals surface area contributed by atoms with Crippen LogP contribution in [0.2, 0.25) is 0 Å². The van der Waals surface area contributed by atoms with Gasteiger partial charge in [0.05, 0.1) is 12.2 Å². The van der Waals surface area contributed by atoms with E-state index in [0.717, 1.165) is 42.9 Å². The predicted molar refractivity (Wildman–Crippen MR) is 101 cm³/mol. The highest BCUT2D eigenvalue weighted by Gasteiger charge is 2.60. The molecule has 0 aromatic heterocycles. The lowest BCUT2D eigenvalue weighted by Gasteiger charge is -2.61. The second-order valence-corrected chi connectivity index (χ2v) is 10.2. The van der Waals surface area contributed by atoms with Crippen molar-refractivity contribution in [3.05, 3.63) is 18.4 Å². The fourth-order valence-electron chi connectivity index (χ4n) is 8.07. The van der Waals surface area contributed by atoms with E-state index in [2.05, 4.69) is 26.2 Å². The van der Waals surface area contributed by atoms with Gasteiger partial charge in [0.2, 0.25) is 0 Å². The third kappa shape index (κ3) is 2.59. The molecule has 4 unspecified atom stereocenters. The molecular formula is C23H36O2. The number of hydrogen-bond donors (Lipinski definition) is 2. The van der Waals surface area contributed by atoms with Crippen LogP contribution in [0.1, 0.15) is 71.6 Å². The summed E-state index contributed by atoms with van der Waals surface area (Å²) in [6, 6.07) is 0. The number of fused-ring (bicyclic) bond motifs is 5. The molecule has 2 heteroatoms. The van der Waals surface area contributed by atoms with E-state index in [1.54, 1.807) is 6.08 Å². The summed E-state index contributed by atoms with van der Waals surface area (Å²) < 4.78 is 0. The molecule has 0 aromatic rings. The van der Waals surface area contributed by atoms with E-state index in [1.165, 1.54) is 38.5 Å². The number of aliphatic hydroxyl groups is 2. The van der Waals surface area contributed by atoms with Crippen molar-refractivity contribution in [3.63, 3.8) is 0 Å². The van der Waals surface area contributed by atoms with Gasteiger partial charge in [0.15, 0.2) is 0 Å². The minimum Gasteiger partial charge on any atom is -0.393 e. The van der Waals surface area contributed by atoms with Crippen LogP contribution in [0.5, 0.6) is 0 Å². The lowest BCUT2D eigenvalue weighted by atomic mass is 9.44. The molecule has 0 aliphatic heterocycles. The van der Waals surface area contributed by atoms with Crippen LogP contribution >= 0.6 is 0 Å². The average molecular weight is 345 g/mol. The zero-order chi connectivity index (χ0) is 17.8. The molecule has 4 aliphatic rings. The Morgan fingerprint density at radius 2 is 1.72 bits per heavy atom. The smallest absolute Gasteiger partial charge is 0.0827 e. The first-order valence-electron chi connectivity index (χ1n) is 10.6. The molecular weight excluding hydrogens is 308 g/mol. The third-order valence-electron chi connectivity index (χ3n) is 9.41. The van der Waals surface area contributed by atoms with Crippen molar-refractivity contribution in [3.8, 4) is 0 Å². The van der Waals surface area contributed by atoms with Crippen LogP contribution < -0.4 is 0 Å². The van der Waals surface area contributed by atoms with E-state index >= 15 is 0 Å². The molecule has 0 radical (unpaired) electrons. The van der Waals surface area contributed by atoms with Gasteiger partial charge in [-0.3, -0.25) is 0 Å². The Balaban J connectivity index is 1.59. The van der Waals surface area contributed by atoms with E-state index in [1.807, 2.05) is 0 Å². The second-order valence-electron chi connectivity index (χ2n) is 10.2. The molecule has 4 rings (SSSR count). The van der Waals surface area contributed by atoms with Gasteiger partial charge in [0, 0.05) is 0 Å². The SMILES string of the molecule is C=C=CC(O)C1CC[C@H]2[C@@H]3CCC4CC(O)CC[C@]4(C)[C@@H]3CC[C@]12C. The molecule has 25 heavy (non-hydrogen) atoms. The fraction of sp³-hybridized carbons (Fsp3) is 0.870. The third-order valence-corrected chi connectivity index (χ3v) is 9.41. The molecule has 0 spiro atoms. The monoisotopic (exact) mass is 344 g/mol. The van der Waals surface area contributed by atoms with Gasteiger partial charge in [-0.2, -0.15) is 0 Å². The zero-order valence-electron chi connectivity index (χ0n) is 16.1. The Hall–Kier alpha value is -0.560. The van der Waals surface area contributed by atoms with Crippen LogP contribution in [-0.2, 0) is 0 Å². The lowest BCUT2D eigenvalue weighted by Crippen LogP contribution is -2.54. The van der Waals surface area contributed by atoms with Crippen LogP contribution in [0.25, 0.3) is 0 Å². The summed E-state index contributed by atoms with van der Waals surface area (Å²) in [4.78, 5) is 0. The van der Waals surface area contributed by atoms with Gasteiger partial charge < -0.3 is 10.2 Å². The molecule has 0 saturated heterocycles. The maximum absolute atomic E-state index is 10.6. The molecule has 4 fully saturated rings. The molecule has 0 amide bonds. The van der Waals surface area contributed by atoms with Crippen molar-refractivity contribution in [1.29, 1.82) is 0 Å². The van der Waals surface area contributed by atoms with Gasteiger partial charge in [0.1, 0.15) is 0 Å². The highest BCUT2D eigenvalue weighted by Crippen LogP contribution is 2.67. The summed E-state index contributed by atoms with van der Waals surface area (Å²) in [5.41, 5.74) is 3.54. The van der Waals surface area contributed by atoms with Crippen molar-refractivity contribution in [2.45, 2.75) is 83.8 Å². The summed E-state index contributed by atoms with van der Waals surface area (Å²) in [5, 5.41) is 20.8. The van der Waals surface area contributed by atoms with E-state index in [9.17, 15) is 10.2 Å². The molecule has 2 N–H and O–H groups in total. The number of aliphatic hydroxyl groups excluding tert-OH is 2. The van der Waals surface area contributed by atoms with Gasteiger partial charge in [0.25, 0.3) is 0 Å². The lowest BCUT2D eigenvalue weighted by molar-refractivity contribution is -0.131. The van der Waals surface area contributed by atoms with Gasteiger partial charge in [-0.15, -0.1) is 5.73 Å². The van der Waals surface area contributed by atoms with Gasteiger partial charge >= 0.3 is 0 Å². The number of rotatable bonds is 2. The van der Waals surface area contributed by atoms with Crippen molar-refractivity contribution in [2.75, 3.05) is 0 Å². The first-order valence-corrected chi connectivity index (χ1v) is 10.6. The van der Waals surface area contributed by atoms with E-state index < -0.39 is 0 Å². The summed E-state index contributed by atoms with van der Waals surface area (Å²) in [6.07, 6.45) is 12.3. The molecule has 140 valence electrons. The highest BCUT2D eigenvalue weighted by molar-refractivity contribution is 5.11. The van der Waals surface area contributed by atoms with E-state index in [4.69, 9.17) is 0 Å². The van der Waals surface area contributed by atoms with Crippen LogP contribution in [-0.4, -0.2) is 22.4 Å². The first kappa shape index (κ1) is 17.8. The van der Waals surface area contributed by atoms with Gasteiger partial charge in [-0.1, -0.05) is 20.4 Å². The van der Waals surface area contributed by atoms with Crippen LogP contribution in [0.15, 0.2) is 18.4 Å². The normalized spacial score (nSPS) is 53.1. The molecule has 2 nitrogen and oxygen atoms in total. The van der Waals surface area contributed by atoms with Crippen LogP contribution in [0.4, 0.5) is 0 Å². The minimum absolute atomic E-state index is 0.0554. The largest absolute Gasteiger partial charge is 0.393 e. The average Bonchev–Trinajstić information content (AvgIpc) is 2.93. The quantitative estimate of drug-likeness (QED) is 0.712. The Bertz CT molecular complexity index is 564. The number of hydrogen-bond acceptors (Lipinski definition) is 2. The Labute approximate surface area is 153 Å². The van der Waals surface area contributed by atoms with Gasteiger partial charge in [-0.05, 0) is 104 Å². The highest BCUT2D eigenvalue weighted by atomic mass is 16.3. The molecule has 4 saturated carbocycles. The predicted octanol–water partition coefficient (Wildman–Crippen LogP) is 4.71. The molecule has 4 aliphatic carbocycles. The molecule has 9 atom stereocenters. The van der Waals surface area contributed by atoms with E-state index in [-0.39, 0.29) is 17.6 Å². The summed E-state index contributed by atoms with van der Waals surface area (Å²) in [7, 11) is 0. The summed E-state index contributed by atoms with van der Waals surface area (Å²) in [6.45, 7) is 8.67. The summed E-state index contributed by atoms with van der Waals surface area (Å²) >= 11 is 0. The van der Waals surface area contributed by atoms with Crippen molar-refractivity contribution >= 4 is 0 Å². The molecule has 0 bridgehead atoms. The van der Waals surface area contributed by atoms with Crippen molar-refractivity contribution in [1.82, 2.24) is 0 Å². The zero-order valence-corrected chi connectivity index (χ0v) is 16.1. The van der Waals surface area contributed by atoms with Gasteiger partial charge in [-0.25, -0.2) is 0 Å².